The van der Waals surface area contributed by atoms with Gasteiger partial charge in [-0.15, -0.1) is 0 Å². The van der Waals surface area contributed by atoms with E-state index < -0.39 is 0 Å². The van der Waals surface area contributed by atoms with E-state index in [0.717, 1.165) is 22.3 Å². The minimum atomic E-state index is -0.0487. The lowest BCUT2D eigenvalue weighted by atomic mass is 9.97. The summed E-state index contributed by atoms with van der Waals surface area (Å²) >= 11 is 0. The normalized spacial score (nSPS) is 10.0. The fourth-order valence-corrected chi connectivity index (χ4v) is 2.50. The van der Waals surface area contributed by atoms with Gasteiger partial charge in [0.15, 0.2) is 6.61 Å². The van der Waals surface area contributed by atoms with Crippen molar-refractivity contribution in [3.05, 3.63) is 64.2 Å². The van der Waals surface area contributed by atoms with Gasteiger partial charge in [-0.1, -0.05) is 23.8 Å². The predicted octanol–water partition coefficient (Wildman–Crippen LogP) is 3.75. The number of hydrogen-bond acceptors (Lipinski definition) is 3. The first-order valence-corrected chi connectivity index (χ1v) is 6.75. The van der Waals surface area contributed by atoms with Gasteiger partial charge in [-0.2, -0.15) is 5.26 Å². The number of ether oxygens (including phenoxy) is 1. The number of carbonyl (C=O) groups excluding carboxylic acids is 1. The van der Waals surface area contributed by atoms with E-state index >= 15 is 0 Å². The SMILES string of the molecule is Cc1cc(C)c(C(=O)COc2cccc(C#N)c2)c(C)c1. The van der Waals surface area contributed by atoms with Gasteiger partial charge in [-0.25, -0.2) is 0 Å². The molecule has 0 radical (unpaired) electrons. The third-order valence-electron chi connectivity index (χ3n) is 3.29. The molecule has 21 heavy (non-hydrogen) atoms. The zero-order chi connectivity index (χ0) is 15.4. The Kier molecular flexibility index (Phi) is 4.39. The molecular weight excluding hydrogens is 262 g/mol. The summed E-state index contributed by atoms with van der Waals surface area (Å²) in [4.78, 5) is 12.3. The van der Waals surface area contributed by atoms with Crippen molar-refractivity contribution in [2.75, 3.05) is 6.61 Å². The van der Waals surface area contributed by atoms with Gasteiger partial charge in [-0.05, 0) is 50.1 Å². The van der Waals surface area contributed by atoms with Crippen molar-refractivity contribution in [3.63, 3.8) is 0 Å². The molecule has 0 bridgehead atoms. The maximum atomic E-state index is 12.3. The minimum absolute atomic E-state index is 0.0282. The van der Waals surface area contributed by atoms with Crippen molar-refractivity contribution in [1.29, 1.82) is 5.26 Å². The van der Waals surface area contributed by atoms with Crippen LogP contribution in [0, 0.1) is 32.1 Å². The van der Waals surface area contributed by atoms with Crippen LogP contribution in [-0.2, 0) is 0 Å². The monoisotopic (exact) mass is 279 g/mol. The first kappa shape index (κ1) is 14.8. The Hall–Kier alpha value is -2.60. The average molecular weight is 279 g/mol. The number of benzene rings is 2. The van der Waals surface area contributed by atoms with Crippen LogP contribution in [0.25, 0.3) is 0 Å². The number of hydrogen-bond donors (Lipinski definition) is 0. The Morgan fingerprint density at radius 2 is 1.81 bits per heavy atom. The molecule has 0 atom stereocenters. The highest BCUT2D eigenvalue weighted by Gasteiger charge is 2.13. The summed E-state index contributed by atoms with van der Waals surface area (Å²) in [6, 6.07) is 12.8. The van der Waals surface area contributed by atoms with E-state index in [2.05, 4.69) is 0 Å². The van der Waals surface area contributed by atoms with Crippen LogP contribution in [0.15, 0.2) is 36.4 Å². The van der Waals surface area contributed by atoms with Gasteiger partial charge < -0.3 is 4.74 Å². The molecule has 2 aromatic rings. The molecule has 106 valence electrons. The maximum Gasteiger partial charge on any atom is 0.200 e. The first-order chi connectivity index (χ1) is 10.0. The fraction of sp³-hybridized carbons (Fsp3) is 0.222. The summed E-state index contributed by atoms with van der Waals surface area (Å²) in [5, 5.41) is 8.84. The molecule has 3 nitrogen and oxygen atoms in total. The molecule has 0 saturated heterocycles. The van der Waals surface area contributed by atoms with Gasteiger partial charge in [0.25, 0.3) is 0 Å². The number of rotatable bonds is 4. The lowest BCUT2D eigenvalue weighted by Crippen LogP contribution is -2.14. The molecule has 0 aromatic heterocycles. The quantitative estimate of drug-likeness (QED) is 0.801. The van der Waals surface area contributed by atoms with E-state index in [1.165, 1.54) is 0 Å². The number of Topliss-reactive ketones (excluding diaryl/α,β-unsaturated/α-hetero) is 1. The van der Waals surface area contributed by atoms with Crippen LogP contribution in [0.2, 0.25) is 0 Å². The van der Waals surface area contributed by atoms with Crippen LogP contribution in [-0.4, -0.2) is 12.4 Å². The Labute approximate surface area is 124 Å². The standard InChI is InChI=1S/C18H17NO2/c1-12-7-13(2)18(14(3)8-12)17(20)11-21-16-6-4-5-15(9-16)10-19/h4-9H,11H2,1-3H3. The Morgan fingerprint density at radius 3 is 2.43 bits per heavy atom. The van der Waals surface area contributed by atoms with Gasteiger partial charge in [0, 0.05) is 5.56 Å². The second-order valence-corrected chi connectivity index (χ2v) is 5.13. The zero-order valence-corrected chi connectivity index (χ0v) is 12.4. The molecule has 0 heterocycles. The van der Waals surface area contributed by atoms with Gasteiger partial charge >= 0.3 is 0 Å². The van der Waals surface area contributed by atoms with Gasteiger partial charge in [0.2, 0.25) is 5.78 Å². The summed E-state index contributed by atoms with van der Waals surface area (Å²) in [5.41, 5.74) is 4.31. The number of ketones is 1. The van der Waals surface area contributed by atoms with Crippen molar-refractivity contribution in [2.45, 2.75) is 20.8 Å². The minimum Gasteiger partial charge on any atom is -0.485 e. The van der Waals surface area contributed by atoms with Crippen LogP contribution < -0.4 is 4.74 Å². The second kappa shape index (κ2) is 6.23. The highest BCUT2D eigenvalue weighted by Crippen LogP contribution is 2.18. The summed E-state index contributed by atoms with van der Waals surface area (Å²) in [7, 11) is 0. The zero-order valence-electron chi connectivity index (χ0n) is 12.4. The molecule has 0 aliphatic rings. The molecule has 0 saturated carbocycles. The van der Waals surface area contributed by atoms with Crippen LogP contribution in [0.5, 0.6) is 5.75 Å². The van der Waals surface area contributed by atoms with Gasteiger partial charge in [0.05, 0.1) is 11.6 Å². The van der Waals surface area contributed by atoms with Crippen LogP contribution in [0.3, 0.4) is 0 Å². The Morgan fingerprint density at radius 1 is 1.14 bits per heavy atom. The van der Waals surface area contributed by atoms with E-state index in [1.807, 2.05) is 39.0 Å². The van der Waals surface area contributed by atoms with Crippen LogP contribution in [0.1, 0.15) is 32.6 Å². The number of carbonyl (C=O) groups is 1. The summed E-state index contributed by atoms with van der Waals surface area (Å²) < 4.78 is 5.50. The first-order valence-electron chi connectivity index (χ1n) is 6.75. The third-order valence-corrected chi connectivity index (χ3v) is 3.29. The van der Waals surface area contributed by atoms with E-state index in [1.54, 1.807) is 24.3 Å². The van der Waals surface area contributed by atoms with E-state index in [0.29, 0.717) is 11.3 Å². The highest BCUT2D eigenvalue weighted by atomic mass is 16.5. The van der Waals surface area contributed by atoms with Crippen LogP contribution >= 0.6 is 0 Å². The molecule has 0 aliphatic heterocycles. The highest BCUT2D eigenvalue weighted by molar-refractivity contribution is 6.00. The molecule has 0 spiro atoms. The number of nitrogens with zero attached hydrogens (tertiary/aromatic N) is 1. The van der Waals surface area contributed by atoms with Crippen molar-refractivity contribution in [2.24, 2.45) is 0 Å². The molecule has 0 unspecified atom stereocenters. The summed E-state index contributed by atoms with van der Waals surface area (Å²) in [5.74, 6) is 0.483. The van der Waals surface area contributed by atoms with Gasteiger partial charge in [0.1, 0.15) is 5.75 Å². The van der Waals surface area contributed by atoms with Gasteiger partial charge in [-0.3, -0.25) is 4.79 Å². The van der Waals surface area contributed by atoms with E-state index in [9.17, 15) is 4.79 Å². The molecular formula is C18H17NO2. The molecule has 0 fully saturated rings. The lowest BCUT2D eigenvalue weighted by molar-refractivity contribution is 0.0920. The topological polar surface area (TPSA) is 50.1 Å². The smallest absolute Gasteiger partial charge is 0.200 e. The fourth-order valence-electron chi connectivity index (χ4n) is 2.50. The Bertz CT molecular complexity index is 703. The van der Waals surface area contributed by atoms with Crippen LogP contribution in [0.4, 0.5) is 0 Å². The average Bonchev–Trinajstić information content (AvgIpc) is 2.44. The number of nitriles is 1. The van der Waals surface area contributed by atoms with E-state index in [4.69, 9.17) is 10.00 Å². The predicted molar refractivity (Wildman–Crippen MR) is 81.6 cm³/mol. The van der Waals surface area contributed by atoms with Crippen molar-refractivity contribution in [1.82, 2.24) is 0 Å². The molecule has 3 heteroatoms. The maximum absolute atomic E-state index is 12.3. The molecule has 2 aromatic carbocycles. The largest absolute Gasteiger partial charge is 0.485 e. The molecule has 0 aliphatic carbocycles. The van der Waals surface area contributed by atoms with E-state index in [-0.39, 0.29) is 12.4 Å². The molecule has 0 amide bonds. The number of aryl methyl sites for hydroxylation is 3. The van der Waals surface area contributed by atoms with Crippen molar-refractivity contribution < 1.29 is 9.53 Å². The van der Waals surface area contributed by atoms with Crippen molar-refractivity contribution in [3.8, 4) is 11.8 Å². The summed E-state index contributed by atoms with van der Waals surface area (Å²) in [6.07, 6.45) is 0. The second-order valence-electron chi connectivity index (χ2n) is 5.13. The summed E-state index contributed by atoms with van der Waals surface area (Å²) in [6.45, 7) is 5.85. The van der Waals surface area contributed by atoms with Crippen molar-refractivity contribution >= 4 is 5.78 Å². The Balaban J connectivity index is 2.14. The lowest BCUT2D eigenvalue weighted by Gasteiger charge is -2.11. The third kappa shape index (κ3) is 3.49. The molecule has 2 rings (SSSR count). The molecule has 0 N–H and O–H groups in total.